The number of nitrogens with two attached hydrogens (primary N) is 1. The first-order valence-corrected chi connectivity index (χ1v) is 6.46. The molecule has 4 nitrogen and oxygen atoms in total. The standard InChI is InChI=1S/C15H19N3O/c1-18-13(9-10-17-18)7-8-15(19)14(16)11-12-5-3-2-4-6-12/h2-6,9-10,14H,7-8,11,16H2,1H3. The maximum absolute atomic E-state index is 12.0. The van der Waals surface area contributed by atoms with E-state index in [1.807, 2.05) is 43.4 Å². The van der Waals surface area contributed by atoms with Crippen LogP contribution in [0.1, 0.15) is 17.7 Å². The number of ketones is 1. The summed E-state index contributed by atoms with van der Waals surface area (Å²) in [6.45, 7) is 0. The molecule has 0 aliphatic rings. The Morgan fingerprint density at radius 2 is 2.05 bits per heavy atom. The van der Waals surface area contributed by atoms with Gasteiger partial charge < -0.3 is 5.73 Å². The summed E-state index contributed by atoms with van der Waals surface area (Å²) in [7, 11) is 1.88. The highest BCUT2D eigenvalue weighted by Crippen LogP contribution is 2.06. The van der Waals surface area contributed by atoms with Gasteiger partial charge in [0.05, 0.1) is 6.04 Å². The molecule has 0 fully saturated rings. The average molecular weight is 257 g/mol. The van der Waals surface area contributed by atoms with Crippen molar-refractivity contribution in [3.05, 3.63) is 53.9 Å². The van der Waals surface area contributed by atoms with Crippen LogP contribution < -0.4 is 5.73 Å². The van der Waals surface area contributed by atoms with E-state index >= 15 is 0 Å². The number of hydrogen-bond acceptors (Lipinski definition) is 3. The van der Waals surface area contributed by atoms with Crippen LogP contribution in [0.4, 0.5) is 0 Å². The van der Waals surface area contributed by atoms with Crippen LogP contribution in [0.3, 0.4) is 0 Å². The highest BCUT2D eigenvalue weighted by Gasteiger charge is 2.14. The first-order valence-electron chi connectivity index (χ1n) is 6.46. The fourth-order valence-corrected chi connectivity index (χ4v) is 2.07. The van der Waals surface area contributed by atoms with E-state index in [1.54, 1.807) is 10.9 Å². The molecule has 0 radical (unpaired) electrons. The Labute approximate surface area is 113 Å². The Morgan fingerprint density at radius 1 is 1.32 bits per heavy atom. The van der Waals surface area contributed by atoms with Crippen molar-refractivity contribution in [3.63, 3.8) is 0 Å². The number of carbonyl (C=O) groups is 1. The van der Waals surface area contributed by atoms with Crippen molar-refractivity contribution in [2.45, 2.75) is 25.3 Å². The number of benzene rings is 1. The minimum Gasteiger partial charge on any atom is -0.321 e. The summed E-state index contributed by atoms with van der Waals surface area (Å²) in [5, 5.41) is 4.08. The van der Waals surface area contributed by atoms with Crippen molar-refractivity contribution in [1.29, 1.82) is 0 Å². The molecule has 100 valence electrons. The molecule has 2 rings (SSSR count). The van der Waals surface area contributed by atoms with E-state index in [0.717, 1.165) is 11.3 Å². The van der Waals surface area contributed by atoms with Crippen molar-refractivity contribution >= 4 is 5.78 Å². The van der Waals surface area contributed by atoms with Crippen molar-refractivity contribution in [1.82, 2.24) is 9.78 Å². The van der Waals surface area contributed by atoms with Gasteiger partial charge >= 0.3 is 0 Å². The fourth-order valence-electron chi connectivity index (χ4n) is 2.07. The number of aryl methyl sites for hydroxylation is 2. The number of Topliss-reactive ketones (excluding diaryl/α,β-unsaturated/α-hetero) is 1. The number of carbonyl (C=O) groups excluding carboxylic acids is 1. The van der Waals surface area contributed by atoms with Gasteiger partial charge in [0, 0.05) is 25.4 Å². The summed E-state index contributed by atoms with van der Waals surface area (Å²) in [5.41, 5.74) is 8.11. The van der Waals surface area contributed by atoms with E-state index in [0.29, 0.717) is 19.3 Å². The van der Waals surface area contributed by atoms with Crippen LogP contribution in [0, 0.1) is 0 Å². The second kappa shape index (κ2) is 6.29. The Kier molecular flexibility index (Phi) is 4.47. The van der Waals surface area contributed by atoms with Gasteiger partial charge in [0.25, 0.3) is 0 Å². The fraction of sp³-hybridized carbons (Fsp3) is 0.333. The summed E-state index contributed by atoms with van der Waals surface area (Å²) < 4.78 is 1.79. The van der Waals surface area contributed by atoms with Crippen LogP contribution in [-0.4, -0.2) is 21.6 Å². The molecule has 2 N–H and O–H groups in total. The minimum atomic E-state index is -0.421. The van der Waals surface area contributed by atoms with Crippen LogP contribution in [0.25, 0.3) is 0 Å². The topological polar surface area (TPSA) is 60.9 Å². The summed E-state index contributed by atoms with van der Waals surface area (Å²) in [4.78, 5) is 12.0. The SMILES string of the molecule is Cn1nccc1CCC(=O)C(N)Cc1ccccc1. The Morgan fingerprint density at radius 3 is 2.68 bits per heavy atom. The molecule has 0 spiro atoms. The van der Waals surface area contributed by atoms with E-state index in [4.69, 9.17) is 5.73 Å². The van der Waals surface area contributed by atoms with Gasteiger partial charge in [-0.15, -0.1) is 0 Å². The highest BCUT2D eigenvalue weighted by atomic mass is 16.1. The molecular formula is C15H19N3O. The average Bonchev–Trinajstić information content (AvgIpc) is 2.82. The predicted molar refractivity (Wildman–Crippen MR) is 74.7 cm³/mol. The maximum atomic E-state index is 12.0. The molecule has 1 aromatic heterocycles. The second-order valence-corrected chi connectivity index (χ2v) is 4.71. The summed E-state index contributed by atoms with van der Waals surface area (Å²) in [6.07, 6.45) is 3.50. The van der Waals surface area contributed by atoms with E-state index in [1.165, 1.54) is 0 Å². The molecule has 4 heteroatoms. The first kappa shape index (κ1) is 13.5. The van der Waals surface area contributed by atoms with Crippen LogP contribution >= 0.6 is 0 Å². The summed E-state index contributed by atoms with van der Waals surface area (Å²) in [5.74, 6) is 0.102. The largest absolute Gasteiger partial charge is 0.321 e. The zero-order valence-electron chi connectivity index (χ0n) is 11.1. The smallest absolute Gasteiger partial charge is 0.150 e. The number of aromatic nitrogens is 2. The molecular weight excluding hydrogens is 238 g/mol. The molecule has 0 saturated carbocycles. The van der Waals surface area contributed by atoms with Gasteiger partial charge in [0.1, 0.15) is 5.78 Å². The quantitative estimate of drug-likeness (QED) is 0.853. The van der Waals surface area contributed by atoms with Crippen molar-refractivity contribution in [3.8, 4) is 0 Å². The van der Waals surface area contributed by atoms with Crippen LogP contribution in [0.2, 0.25) is 0 Å². The zero-order chi connectivity index (χ0) is 13.7. The van der Waals surface area contributed by atoms with Gasteiger partial charge in [-0.2, -0.15) is 5.10 Å². The molecule has 0 aliphatic heterocycles. The van der Waals surface area contributed by atoms with Gasteiger partial charge in [0.2, 0.25) is 0 Å². The van der Waals surface area contributed by atoms with Crippen LogP contribution in [-0.2, 0) is 24.7 Å². The predicted octanol–water partition coefficient (Wildman–Crippen LogP) is 1.49. The molecule has 1 heterocycles. The van der Waals surface area contributed by atoms with Gasteiger partial charge in [-0.3, -0.25) is 9.48 Å². The molecule has 0 bridgehead atoms. The monoisotopic (exact) mass is 257 g/mol. The third-order valence-electron chi connectivity index (χ3n) is 3.26. The zero-order valence-corrected chi connectivity index (χ0v) is 11.1. The van der Waals surface area contributed by atoms with Gasteiger partial charge in [0.15, 0.2) is 0 Å². The van der Waals surface area contributed by atoms with E-state index in [2.05, 4.69) is 5.10 Å². The molecule has 0 aliphatic carbocycles. The Balaban J connectivity index is 1.84. The van der Waals surface area contributed by atoms with E-state index in [-0.39, 0.29) is 5.78 Å². The Bertz CT molecular complexity index is 533. The molecule has 1 unspecified atom stereocenters. The molecule has 19 heavy (non-hydrogen) atoms. The third kappa shape index (κ3) is 3.76. The third-order valence-corrected chi connectivity index (χ3v) is 3.26. The van der Waals surface area contributed by atoms with E-state index < -0.39 is 6.04 Å². The summed E-state index contributed by atoms with van der Waals surface area (Å²) in [6, 6.07) is 11.4. The molecule has 2 aromatic rings. The van der Waals surface area contributed by atoms with E-state index in [9.17, 15) is 4.79 Å². The van der Waals surface area contributed by atoms with Gasteiger partial charge in [-0.25, -0.2) is 0 Å². The lowest BCUT2D eigenvalue weighted by molar-refractivity contribution is -0.120. The molecule has 0 saturated heterocycles. The Hall–Kier alpha value is -1.94. The van der Waals surface area contributed by atoms with Crippen LogP contribution in [0.15, 0.2) is 42.6 Å². The number of nitrogens with zero attached hydrogens (tertiary/aromatic N) is 2. The maximum Gasteiger partial charge on any atom is 0.150 e. The van der Waals surface area contributed by atoms with Crippen LogP contribution in [0.5, 0.6) is 0 Å². The normalized spacial score (nSPS) is 12.3. The number of hydrogen-bond donors (Lipinski definition) is 1. The lowest BCUT2D eigenvalue weighted by Gasteiger charge is -2.10. The highest BCUT2D eigenvalue weighted by molar-refractivity contribution is 5.84. The van der Waals surface area contributed by atoms with Crippen molar-refractivity contribution in [2.24, 2.45) is 12.8 Å². The first-order chi connectivity index (χ1) is 9.16. The molecule has 0 amide bonds. The number of rotatable bonds is 6. The molecule has 1 atom stereocenters. The van der Waals surface area contributed by atoms with Gasteiger partial charge in [-0.05, 0) is 24.5 Å². The van der Waals surface area contributed by atoms with Crippen molar-refractivity contribution in [2.75, 3.05) is 0 Å². The minimum absolute atomic E-state index is 0.102. The lowest BCUT2D eigenvalue weighted by Crippen LogP contribution is -2.33. The summed E-state index contributed by atoms with van der Waals surface area (Å²) >= 11 is 0. The lowest BCUT2D eigenvalue weighted by atomic mass is 10.00. The second-order valence-electron chi connectivity index (χ2n) is 4.71. The van der Waals surface area contributed by atoms with Crippen molar-refractivity contribution < 1.29 is 4.79 Å². The van der Waals surface area contributed by atoms with Gasteiger partial charge in [-0.1, -0.05) is 30.3 Å². The molecule has 1 aromatic carbocycles.